The molecule has 1 heterocycles. The third-order valence-corrected chi connectivity index (χ3v) is 3.96. The van der Waals surface area contributed by atoms with E-state index in [0.717, 1.165) is 10.5 Å². The summed E-state index contributed by atoms with van der Waals surface area (Å²) in [5.74, 6) is 0.364. The summed E-state index contributed by atoms with van der Waals surface area (Å²) in [5.41, 5.74) is 0.791. The molecule has 2 N–H and O–H groups in total. The fourth-order valence-corrected chi connectivity index (χ4v) is 2.59. The van der Waals surface area contributed by atoms with Crippen LogP contribution in [0.3, 0.4) is 0 Å². The maximum atomic E-state index is 13.1. The minimum atomic E-state index is -0.292. The number of halogens is 1. The molecule has 0 aliphatic heterocycles. The third kappa shape index (κ3) is 4.48. The van der Waals surface area contributed by atoms with Crippen LogP contribution in [0.25, 0.3) is 11.4 Å². The maximum Gasteiger partial charge on any atom is 0.275 e. The molecule has 1 unspecified atom stereocenters. The molecule has 8 heteroatoms. The van der Waals surface area contributed by atoms with Crippen LogP contribution in [-0.2, 0) is 18.5 Å². The normalized spacial score (nSPS) is 12.4. The third-order valence-electron chi connectivity index (χ3n) is 3.47. The Bertz CT molecular complexity index is 766. The smallest absolute Gasteiger partial charge is 0.275 e. The minimum absolute atomic E-state index is 0.0105. The maximum absolute atomic E-state index is 13.1. The van der Waals surface area contributed by atoms with Crippen LogP contribution in [0.15, 0.2) is 24.3 Å². The molecule has 1 amide bonds. The molecule has 2 rings (SSSR count). The van der Waals surface area contributed by atoms with E-state index in [4.69, 9.17) is 12.2 Å². The molecule has 2 aromatic rings. The van der Waals surface area contributed by atoms with Gasteiger partial charge in [-0.25, -0.2) is 4.39 Å². The number of nitrogens with zero attached hydrogens (tertiary/aromatic N) is 3. The Balaban J connectivity index is 2.14. The van der Waals surface area contributed by atoms with E-state index in [1.54, 1.807) is 21.4 Å². The number of carbonyl (C=O) groups is 1. The summed E-state index contributed by atoms with van der Waals surface area (Å²) >= 11 is 5.42. The van der Waals surface area contributed by atoms with E-state index >= 15 is 0 Å². The van der Waals surface area contributed by atoms with Crippen LogP contribution in [0.4, 0.5) is 4.39 Å². The van der Waals surface area contributed by atoms with Crippen molar-refractivity contribution in [3.63, 3.8) is 0 Å². The van der Waals surface area contributed by atoms with Gasteiger partial charge in [-0.2, -0.15) is 4.68 Å². The Morgan fingerprint density at radius 2 is 2.00 bits per heavy atom. The average Bonchev–Trinajstić information content (AvgIpc) is 2.75. The molecule has 6 nitrogen and oxygen atoms in total. The number of likely N-dealkylation sites (N-methyl/N-ethyl adjacent to an activating group) is 1. The van der Waals surface area contributed by atoms with Crippen molar-refractivity contribution in [1.29, 1.82) is 0 Å². The zero-order valence-corrected chi connectivity index (χ0v) is 15.2. The average molecular weight is 352 g/mol. The highest BCUT2D eigenvalue weighted by atomic mass is 32.1. The van der Waals surface area contributed by atoms with Gasteiger partial charge in [-0.05, 0) is 50.3 Å². The quantitative estimate of drug-likeness (QED) is 0.755. The molecule has 0 saturated carbocycles. The molecule has 1 aromatic heterocycles. The molecule has 0 aliphatic rings. The van der Waals surface area contributed by atoms with E-state index in [9.17, 15) is 9.18 Å². The zero-order valence-electron chi connectivity index (χ0n) is 14.3. The second kappa shape index (κ2) is 7.67. The summed E-state index contributed by atoms with van der Waals surface area (Å²) in [6, 6.07) is 6.25. The first kappa shape index (κ1) is 18.3. The van der Waals surface area contributed by atoms with Crippen molar-refractivity contribution in [2.75, 3.05) is 13.6 Å². The Morgan fingerprint density at radius 1 is 1.38 bits per heavy atom. The van der Waals surface area contributed by atoms with Gasteiger partial charge in [-0.3, -0.25) is 4.79 Å². The van der Waals surface area contributed by atoms with Crippen molar-refractivity contribution in [3.8, 4) is 11.4 Å². The monoisotopic (exact) mass is 352 g/mol. The molecule has 0 bridgehead atoms. The Kier molecular flexibility index (Phi) is 5.84. The van der Waals surface area contributed by atoms with Crippen molar-refractivity contribution in [1.82, 2.24) is 19.7 Å². The van der Waals surface area contributed by atoms with Crippen molar-refractivity contribution >= 4 is 18.1 Å². The van der Waals surface area contributed by atoms with Gasteiger partial charge in [-0.15, -0.1) is 5.10 Å². The van der Waals surface area contributed by atoms with E-state index in [0.29, 0.717) is 23.8 Å². The topological polar surface area (TPSA) is 56.3 Å². The second-order valence-electron chi connectivity index (χ2n) is 6.19. The van der Waals surface area contributed by atoms with Crippen molar-refractivity contribution in [2.45, 2.75) is 26.6 Å². The Hall–Kier alpha value is -2.06. The van der Waals surface area contributed by atoms with Gasteiger partial charge in [0, 0.05) is 18.7 Å². The summed E-state index contributed by atoms with van der Waals surface area (Å²) in [5, 5.41) is 7.38. The number of quaternary nitrogens is 1. The van der Waals surface area contributed by atoms with Gasteiger partial charge in [-0.1, -0.05) is 0 Å². The van der Waals surface area contributed by atoms with E-state index < -0.39 is 0 Å². The van der Waals surface area contributed by atoms with Crippen LogP contribution in [0.1, 0.15) is 13.8 Å². The summed E-state index contributed by atoms with van der Waals surface area (Å²) in [7, 11) is 3.74. The van der Waals surface area contributed by atoms with Gasteiger partial charge < -0.3 is 14.8 Å². The number of hydrogen-bond donors (Lipinski definition) is 2. The fourth-order valence-electron chi connectivity index (χ4n) is 2.40. The molecule has 24 heavy (non-hydrogen) atoms. The molecule has 130 valence electrons. The lowest BCUT2D eigenvalue weighted by Crippen LogP contribution is -3.09. The van der Waals surface area contributed by atoms with Gasteiger partial charge in [0.15, 0.2) is 19.0 Å². The largest absolute Gasteiger partial charge is 0.349 e. The number of carbonyl (C=O) groups excluding carboxylic acids is 1. The van der Waals surface area contributed by atoms with E-state index in [2.05, 4.69) is 10.4 Å². The summed E-state index contributed by atoms with van der Waals surface area (Å²) in [4.78, 5) is 12.8. The van der Waals surface area contributed by atoms with Gasteiger partial charge in [0.2, 0.25) is 4.77 Å². The number of nitrogens with one attached hydrogen (secondary N) is 2. The second-order valence-corrected chi connectivity index (χ2v) is 6.55. The number of hydrogen-bond acceptors (Lipinski definition) is 3. The predicted octanol–water partition coefficient (Wildman–Crippen LogP) is 0.754. The Morgan fingerprint density at radius 3 is 2.58 bits per heavy atom. The highest BCUT2D eigenvalue weighted by Gasteiger charge is 2.15. The van der Waals surface area contributed by atoms with Gasteiger partial charge >= 0.3 is 0 Å². The first-order valence-electron chi connectivity index (χ1n) is 7.78. The summed E-state index contributed by atoms with van der Waals surface area (Å²) in [6.07, 6.45) is 0. The number of aromatic nitrogens is 3. The van der Waals surface area contributed by atoms with Gasteiger partial charge in [0.05, 0.1) is 7.05 Å². The summed E-state index contributed by atoms with van der Waals surface area (Å²) in [6.45, 7) is 4.66. The van der Waals surface area contributed by atoms with Crippen molar-refractivity contribution < 1.29 is 14.1 Å². The highest BCUT2D eigenvalue weighted by molar-refractivity contribution is 7.71. The summed E-state index contributed by atoms with van der Waals surface area (Å²) < 4.78 is 17.1. The number of amides is 1. The van der Waals surface area contributed by atoms with E-state index in [1.165, 1.54) is 12.1 Å². The molecule has 0 saturated heterocycles. The van der Waals surface area contributed by atoms with Crippen LogP contribution in [0.5, 0.6) is 0 Å². The molecular formula is C16H23FN5OS+. The fraction of sp³-hybridized carbons (Fsp3) is 0.438. The predicted molar refractivity (Wildman–Crippen MR) is 92.5 cm³/mol. The van der Waals surface area contributed by atoms with Crippen molar-refractivity contribution in [2.24, 2.45) is 7.05 Å². The lowest BCUT2D eigenvalue weighted by molar-refractivity contribution is -0.895. The molecule has 0 aliphatic carbocycles. The van der Waals surface area contributed by atoms with Gasteiger partial charge in [0.1, 0.15) is 5.82 Å². The van der Waals surface area contributed by atoms with Crippen molar-refractivity contribution in [3.05, 3.63) is 34.9 Å². The highest BCUT2D eigenvalue weighted by Crippen LogP contribution is 2.17. The molecule has 1 aromatic carbocycles. The lowest BCUT2D eigenvalue weighted by Gasteiger charge is -2.14. The SMILES string of the molecule is CC(C)NC(=O)C[NH+](C)Cn1nc(-c2ccc(F)cc2)n(C)c1=S. The van der Waals surface area contributed by atoms with Gasteiger partial charge in [0.25, 0.3) is 5.91 Å². The molecule has 0 radical (unpaired) electrons. The molecular weight excluding hydrogens is 329 g/mol. The van der Waals surface area contributed by atoms with E-state index in [-0.39, 0.29) is 17.8 Å². The molecule has 0 spiro atoms. The van der Waals surface area contributed by atoms with Crippen LogP contribution in [0.2, 0.25) is 0 Å². The standard InChI is InChI=1S/C16H22FN5OS/c1-11(2)18-14(23)9-20(3)10-22-16(24)21(4)15(19-22)12-5-7-13(17)8-6-12/h5-8,11H,9-10H2,1-4H3,(H,18,23)/p+1. The van der Waals surface area contributed by atoms with Crippen LogP contribution in [0, 0.1) is 10.6 Å². The van der Waals surface area contributed by atoms with Crippen LogP contribution < -0.4 is 10.2 Å². The molecule has 0 fully saturated rings. The van der Waals surface area contributed by atoms with Crippen LogP contribution in [-0.4, -0.2) is 39.9 Å². The number of rotatable bonds is 6. The Labute approximate surface area is 145 Å². The first-order chi connectivity index (χ1) is 11.3. The zero-order chi connectivity index (χ0) is 17.9. The minimum Gasteiger partial charge on any atom is -0.349 e. The number of benzene rings is 1. The lowest BCUT2D eigenvalue weighted by atomic mass is 10.2. The van der Waals surface area contributed by atoms with Crippen LogP contribution >= 0.6 is 12.2 Å². The first-order valence-corrected chi connectivity index (χ1v) is 8.19. The van der Waals surface area contributed by atoms with E-state index in [1.807, 2.05) is 27.9 Å². The molecule has 1 atom stereocenters.